The van der Waals surface area contributed by atoms with Crippen molar-refractivity contribution in [3.8, 4) is 0 Å². The zero-order valence-corrected chi connectivity index (χ0v) is 13.2. The van der Waals surface area contributed by atoms with Gasteiger partial charge in [-0.25, -0.2) is 4.79 Å². The standard InChI is InChI=1S/C18H23NO4/c20-17(14-4-3-11-23-12-14)19-9-7-13(8-10-19)15-5-1-2-6-16(15)18(21)22/h1-2,5-6,13-14H,3-4,7-12H2,(H,21,22). The molecule has 0 bridgehead atoms. The number of hydrogen-bond acceptors (Lipinski definition) is 3. The summed E-state index contributed by atoms with van der Waals surface area (Å²) in [6.45, 7) is 2.71. The van der Waals surface area contributed by atoms with Gasteiger partial charge in [0.05, 0.1) is 18.1 Å². The van der Waals surface area contributed by atoms with Crippen LogP contribution in [0.25, 0.3) is 0 Å². The van der Waals surface area contributed by atoms with Gasteiger partial charge in [-0.15, -0.1) is 0 Å². The second kappa shape index (κ2) is 7.13. The smallest absolute Gasteiger partial charge is 0.335 e. The number of benzene rings is 1. The summed E-state index contributed by atoms with van der Waals surface area (Å²) in [6.07, 6.45) is 3.52. The average molecular weight is 317 g/mol. The lowest BCUT2D eigenvalue weighted by Gasteiger charge is -2.35. The van der Waals surface area contributed by atoms with Crippen LogP contribution in [0.1, 0.15) is 47.5 Å². The molecule has 1 unspecified atom stereocenters. The van der Waals surface area contributed by atoms with Gasteiger partial charge in [0, 0.05) is 19.7 Å². The van der Waals surface area contributed by atoms with E-state index in [0.717, 1.165) is 37.9 Å². The Balaban J connectivity index is 1.62. The summed E-state index contributed by atoms with van der Waals surface area (Å²) in [6, 6.07) is 7.21. The van der Waals surface area contributed by atoms with Crippen LogP contribution in [0.5, 0.6) is 0 Å². The minimum absolute atomic E-state index is 0.00612. The molecule has 1 N–H and O–H groups in total. The van der Waals surface area contributed by atoms with Gasteiger partial charge in [-0.3, -0.25) is 4.79 Å². The Labute approximate surface area is 136 Å². The lowest BCUT2D eigenvalue weighted by molar-refractivity contribution is -0.140. The van der Waals surface area contributed by atoms with Crippen molar-refractivity contribution in [3.63, 3.8) is 0 Å². The van der Waals surface area contributed by atoms with Crippen molar-refractivity contribution < 1.29 is 19.4 Å². The molecule has 2 aliphatic heterocycles. The third-order valence-corrected chi connectivity index (χ3v) is 4.95. The molecule has 1 amide bonds. The first kappa shape index (κ1) is 16.0. The Hall–Kier alpha value is -1.88. The molecular weight excluding hydrogens is 294 g/mol. The van der Waals surface area contributed by atoms with E-state index in [4.69, 9.17) is 4.74 Å². The highest BCUT2D eigenvalue weighted by Crippen LogP contribution is 2.31. The fourth-order valence-corrected chi connectivity index (χ4v) is 3.65. The monoisotopic (exact) mass is 317 g/mol. The van der Waals surface area contributed by atoms with Crippen LogP contribution in [0.2, 0.25) is 0 Å². The third kappa shape index (κ3) is 3.55. The Morgan fingerprint density at radius 3 is 2.52 bits per heavy atom. The summed E-state index contributed by atoms with van der Waals surface area (Å²) < 4.78 is 5.41. The van der Waals surface area contributed by atoms with Gasteiger partial charge < -0.3 is 14.7 Å². The van der Waals surface area contributed by atoms with Gasteiger partial charge in [0.15, 0.2) is 0 Å². The number of amides is 1. The summed E-state index contributed by atoms with van der Waals surface area (Å²) in [7, 11) is 0. The molecule has 0 aliphatic carbocycles. The van der Waals surface area contributed by atoms with E-state index in [1.807, 2.05) is 17.0 Å². The summed E-state index contributed by atoms with van der Waals surface area (Å²) in [5.74, 6) is -0.450. The van der Waals surface area contributed by atoms with Crippen LogP contribution in [0, 0.1) is 5.92 Å². The molecule has 5 nitrogen and oxygen atoms in total. The van der Waals surface area contributed by atoms with Crippen LogP contribution in [-0.4, -0.2) is 48.2 Å². The fourth-order valence-electron chi connectivity index (χ4n) is 3.65. The largest absolute Gasteiger partial charge is 0.478 e. The minimum atomic E-state index is -0.876. The number of carbonyl (C=O) groups is 2. The number of aromatic carboxylic acids is 1. The molecule has 2 heterocycles. The number of nitrogens with zero attached hydrogens (tertiary/aromatic N) is 1. The predicted molar refractivity (Wildman–Crippen MR) is 85.5 cm³/mol. The van der Waals surface area contributed by atoms with Crippen LogP contribution < -0.4 is 0 Å². The SMILES string of the molecule is O=C(O)c1ccccc1C1CCN(C(=O)C2CCCOC2)CC1. The average Bonchev–Trinajstić information content (AvgIpc) is 2.62. The summed E-state index contributed by atoms with van der Waals surface area (Å²) in [4.78, 5) is 25.8. The predicted octanol–water partition coefficient (Wildman–Crippen LogP) is 2.52. The molecule has 0 aromatic heterocycles. The van der Waals surface area contributed by atoms with Crippen molar-refractivity contribution in [2.24, 2.45) is 5.92 Å². The number of rotatable bonds is 3. The van der Waals surface area contributed by atoms with Gasteiger partial charge in [-0.05, 0) is 43.2 Å². The van der Waals surface area contributed by atoms with E-state index in [1.165, 1.54) is 0 Å². The lowest BCUT2D eigenvalue weighted by atomic mass is 9.86. The van der Waals surface area contributed by atoms with E-state index in [1.54, 1.807) is 12.1 Å². The molecule has 124 valence electrons. The van der Waals surface area contributed by atoms with Crippen LogP contribution in [0.15, 0.2) is 24.3 Å². The van der Waals surface area contributed by atoms with Gasteiger partial charge >= 0.3 is 5.97 Å². The molecule has 1 aromatic rings. The molecule has 1 aromatic carbocycles. The lowest BCUT2D eigenvalue weighted by Crippen LogP contribution is -2.43. The maximum absolute atomic E-state index is 12.5. The van der Waals surface area contributed by atoms with Gasteiger partial charge in [-0.1, -0.05) is 18.2 Å². The van der Waals surface area contributed by atoms with Crippen LogP contribution in [-0.2, 0) is 9.53 Å². The van der Waals surface area contributed by atoms with Crippen molar-refractivity contribution in [2.45, 2.75) is 31.6 Å². The highest BCUT2D eigenvalue weighted by Gasteiger charge is 2.30. The molecule has 0 radical (unpaired) electrons. The summed E-state index contributed by atoms with van der Waals surface area (Å²) >= 11 is 0. The molecule has 2 aliphatic rings. The summed E-state index contributed by atoms with van der Waals surface area (Å²) in [5, 5.41) is 9.33. The van der Waals surface area contributed by atoms with Crippen molar-refractivity contribution in [2.75, 3.05) is 26.3 Å². The maximum Gasteiger partial charge on any atom is 0.335 e. The zero-order chi connectivity index (χ0) is 16.2. The van der Waals surface area contributed by atoms with Crippen molar-refractivity contribution in [1.82, 2.24) is 4.90 Å². The van der Waals surface area contributed by atoms with Crippen molar-refractivity contribution in [3.05, 3.63) is 35.4 Å². The zero-order valence-electron chi connectivity index (χ0n) is 13.2. The van der Waals surface area contributed by atoms with Gasteiger partial charge in [0.2, 0.25) is 5.91 Å². The number of ether oxygens (including phenoxy) is 1. The summed E-state index contributed by atoms with van der Waals surface area (Å²) in [5.41, 5.74) is 1.28. The normalized spacial score (nSPS) is 22.8. The molecule has 0 saturated carbocycles. The second-order valence-corrected chi connectivity index (χ2v) is 6.41. The van der Waals surface area contributed by atoms with Gasteiger partial charge in [0.25, 0.3) is 0 Å². The van der Waals surface area contributed by atoms with E-state index in [9.17, 15) is 14.7 Å². The Bertz CT molecular complexity index is 572. The van der Waals surface area contributed by atoms with Crippen LogP contribution in [0.4, 0.5) is 0 Å². The molecule has 23 heavy (non-hydrogen) atoms. The van der Waals surface area contributed by atoms with E-state index < -0.39 is 5.97 Å². The van der Waals surface area contributed by atoms with E-state index in [0.29, 0.717) is 25.3 Å². The third-order valence-electron chi connectivity index (χ3n) is 4.95. The highest BCUT2D eigenvalue weighted by atomic mass is 16.5. The van der Waals surface area contributed by atoms with Crippen LogP contribution in [0.3, 0.4) is 0 Å². The molecule has 3 rings (SSSR count). The topological polar surface area (TPSA) is 66.8 Å². The van der Waals surface area contributed by atoms with Crippen LogP contribution >= 0.6 is 0 Å². The molecular formula is C18H23NO4. The molecule has 2 fully saturated rings. The Kier molecular flexibility index (Phi) is 4.96. The van der Waals surface area contributed by atoms with Crippen molar-refractivity contribution in [1.29, 1.82) is 0 Å². The number of likely N-dealkylation sites (tertiary alicyclic amines) is 1. The van der Waals surface area contributed by atoms with E-state index in [-0.39, 0.29) is 17.7 Å². The molecule has 2 saturated heterocycles. The first-order chi connectivity index (χ1) is 11.2. The molecule has 5 heteroatoms. The number of carbonyl (C=O) groups excluding carboxylic acids is 1. The fraction of sp³-hybridized carbons (Fsp3) is 0.556. The van der Waals surface area contributed by atoms with E-state index >= 15 is 0 Å². The van der Waals surface area contributed by atoms with Gasteiger partial charge in [0.1, 0.15) is 0 Å². The Morgan fingerprint density at radius 1 is 1.13 bits per heavy atom. The van der Waals surface area contributed by atoms with E-state index in [2.05, 4.69) is 0 Å². The van der Waals surface area contributed by atoms with Gasteiger partial charge in [-0.2, -0.15) is 0 Å². The van der Waals surface area contributed by atoms with Crippen molar-refractivity contribution >= 4 is 11.9 Å². The number of carboxylic acids is 1. The molecule has 1 atom stereocenters. The first-order valence-corrected chi connectivity index (χ1v) is 8.35. The second-order valence-electron chi connectivity index (χ2n) is 6.41. The Morgan fingerprint density at radius 2 is 1.87 bits per heavy atom. The first-order valence-electron chi connectivity index (χ1n) is 8.35. The number of carboxylic acid groups (broad SMARTS) is 1. The highest BCUT2D eigenvalue weighted by molar-refractivity contribution is 5.89. The number of hydrogen-bond donors (Lipinski definition) is 1. The minimum Gasteiger partial charge on any atom is -0.478 e. The maximum atomic E-state index is 12.5. The quantitative estimate of drug-likeness (QED) is 0.930. The molecule has 0 spiro atoms. The number of piperidine rings is 1.